The molecule has 0 saturated heterocycles. The monoisotopic (exact) mass is 217 g/mol. The molecule has 74 valence electrons. The number of hydrogen-bond acceptors (Lipinski definition) is 3. The molecular formula is C9H15NOS2. The van der Waals surface area contributed by atoms with Crippen LogP contribution >= 0.6 is 11.3 Å². The van der Waals surface area contributed by atoms with E-state index in [0.29, 0.717) is 5.75 Å². The number of thiophene rings is 1. The number of nitrogens with two attached hydrogens (primary N) is 1. The average molecular weight is 217 g/mol. The molecule has 0 fully saturated rings. The molecule has 0 aromatic carbocycles. The summed E-state index contributed by atoms with van der Waals surface area (Å²) in [6.07, 6.45) is 0.845. The highest BCUT2D eigenvalue weighted by molar-refractivity contribution is 7.84. The molecule has 0 aliphatic heterocycles. The van der Waals surface area contributed by atoms with Crippen molar-refractivity contribution >= 4 is 22.1 Å². The van der Waals surface area contributed by atoms with Gasteiger partial charge < -0.3 is 5.73 Å². The van der Waals surface area contributed by atoms with E-state index < -0.39 is 10.8 Å². The summed E-state index contributed by atoms with van der Waals surface area (Å²) in [6, 6.07) is 4.17. The van der Waals surface area contributed by atoms with E-state index in [4.69, 9.17) is 5.73 Å². The van der Waals surface area contributed by atoms with Crippen molar-refractivity contribution < 1.29 is 4.21 Å². The third-order valence-corrected chi connectivity index (χ3v) is 4.07. The molecular weight excluding hydrogens is 202 g/mol. The van der Waals surface area contributed by atoms with Gasteiger partial charge in [-0.25, -0.2) is 0 Å². The predicted octanol–water partition coefficient (Wildman–Crippen LogP) is 1.73. The minimum atomic E-state index is -0.740. The van der Waals surface area contributed by atoms with E-state index in [1.165, 1.54) is 4.88 Å². The summed E-state index contributed by atoms with van der Waals surface area (Å²) in [4.78, 5) is 1.20. The van der Waals surface area contributed by atoms with Crippen molar-refractivity contribution in [2.75, 3.05) is 5.75 Å². The smallest absolute Gasteiger partial charge is 0.0579 e. The van der Waals surface area contributed by atoms with Crippen LogP contribution in [-0.4, -0.2) is 16.0 Å². The van der Waals surface area contributed by atoms with Gasteiger partial charge in [0.05, 0.1) is 5.75 Å². The van der Waals surface area contributed by atoms with Crippen LogP contribution in [0.3, 0.4) is 0 Å². The molecule has 0 amide bonds. The van der Waals surface area contributed by atoms with Crippen LogP contribution in [0.2, 0.25) is 0 Å². The van der Waals surface area contributed by atoms with Crippen LogP contribution in [0.15, 0.2) is 17.5 Å². The van der Waals surface area contributed by atoms with Gasteiger partial charge in [0, 0.05) is 27.5 Å². The first kappa shape index (κ1) is 10.9. The highest BCUT2D eigenvalue weighted by atomic mass is 32.2. The Morgan fingerprint density at radius 3 is 3.00 bits per heavy atom. The highest BCUT2D eigenvalue weighted by Crippen LogP contribution is 2.11. The zero-order valence-corrected chi connectivity index (χ0v) is 9.37. The zero-order valence-electron chi connectivity index (χ0n) is 7.73. The molecule has 0 aliphatic carbocycles. The summed E-state index contributed by atoms with van der Waals surface area (Å²) in [7, 11) is -0.740. The molecule has 2 atom stereocenters. The summed E-state index contributed by atoms with van der Waals surface area (Å²) in [5, 5.41) is 2.01. The minimum absolute atomic E-state index is 0.160. The second-order valence-corrected chi connectivity index (χ2v) is 5.74. The molecule has 2 nitrogen and oxygen atoms in total. The van der Waals surface area contributed by atoms with Crippen LogP contribution in [0.1, 0.15) is 18.2 Å². The molecule has 2 unspecified atom stereocenters. The largest absolute Gasteiger partial charge is 0.328 e. The lowest BCUT2D eigenvalue weighted by Gasteiger charge is -2.03. The second-order valence-electron chi connectivity index (χ2n) is 3.13. The molecule has 1 rings (SSSR count). The molecule has 2 N–H and O–H groups in total. The Labute approximate surface area is 85.6 Å². The van der Waals surface area contributed by atoms with Crippen LogP contribution in [0.4, 0.5) is 0 Å². The van der Waals surface area contributed by atoms with Crippen LogP contribution in [0.25, 0.3) is 0 Å². The molecule has 0 aliphatic rings. The van der Waals surface area contributed by atoms with Gasteiger partial charge in [-0.2, -0.15) is 0 Å². The molecule has 1 aromatic heterocycles. The summed E-state index contributed by atoms with van der Waals surface area (Å²) < 4.78 is 11.5. The van der Waals surface area contributed by atoms with Gasteiger partial charge in [0.1, 0.15) is 0 Å². The molecule has 0 saturated carbocycles. The first-order chi connectivity index (χ1) is 6.18. The third-order valence-electron chi connectivity index (χ3n) is 1.68. The molecule has 0 spiro atoms. The van der Waals surface area contributed by atoms with Crippen molar-refractivity contribution in [2.45, 2.75) is 25.1 Å². The summed E-state index contributed by atoms with van der Waals surface area (Å²) in [5.41, 5.74) is 5.58. The van der Waals surface area contributed by atoms with E-state index in [0.717, 1.165) is 12.2 Å². The lowest BCUT2D eigenvalue weighted by atomic mass is 10.3. The Kier molecular flexibility index (Phi) is 4.62. The first-order valence-corrected chi connectivity index (χ1v) is 6.68. The maximum absolute atomic E-state index is 11.5. The van der Waals surface area contributed by atoms with Crippen LogP contribution in [-0.2, 0) is 16.6 Å². The Morgan fingerprint density at radius 2 is 2.46 bits per heavy atom. The predicted molar refractivity (Wildman–Crippen MR) is 59.3 cm³/mol. The average Bonchev–Trinajstić information content (AvgIpc) is 2.53. The normalized spacial score (nSPS) is 15.5. The fourth-order valence-electron chi connectivity index (χ4n) is 0.943. The van der Waals surface area contributed by atoms with E-state index >= 15 is 0 Å². The van der Waals surface area contributed by atoms with Crippen molar-refractivity contribution in [3.05, 3.63) is 22.4 Å². The van der Waals surface area contributed by atoms with Gasteiger partial charge in [-0.1, -0.05) is 6.07 Å². The molecule has 13 heavy (non-hydrogen) atoms. The van der Waals surface area contributed by atoms with Gasteiger partial charge in [-0.3, -0.25) is 4.21 Å². The van der Waals surface area contributed by atoms with E-state index in [2.05, 4.69) is 0 Å². The van der Waals surface area contributed by atoms with Crippen molar-refractivity contribution in [3.8, 4) is 0 Å². The Bertz CT molecular complexity index is 257. The van der Waals surface area contributed by atoms with E-state index in [9.17, 15) is 4.21 Å². The summed E-state index contributed by atoms with van der Waals surface area (Å²) in [5.74, 6) is 1.40. The van der Waals surface area contributed by atoms with E-state index in [1.807, 2.05) is 24.4 Å². The van der Waals surface area contributed by atoms with Gasteiger partial charge in [-0.15, -0.1) is 11.3 Å². The van der Waals surface area contributed by atoms with Crippen molar-refractivity contribution in [3.63, 3.8) is 0 Å². The van der Waals surface area contributed by atoms with Crippen molar-refractivity contribution in [2.24, 2.45) is 5.73 Å². The van der Waals surface area contributed by atoms with Gasteiger partial charge >= 0.3 is 0 Å². The van der Waals surface area contributed by atoms with Gasteiger partial charge in [-0.05, 0) is 24.8 Å². The quantitative estimate of drug-likeness (QED) is 0.816. The number of rotatable bonds is 5. The molecule has 0 bridgehead atoms. The standard InChI is InChI=1S/C9H15NOS2/c1-8(10)4-6-13(11)7-9-3-2-5-12-9/h2-3,5,8H,4,6-7,10H2,1H3. The SMILES string of the molecule is CC(N)CCS(=O)Cc1cccs1. The minimum Gasteiger partial charge on any atom is -0.328 e. The van der Waals surface area contributed by atoms with E-state index in [1.54, 1.807) is 11.3 Å². The Balaban J connectivity index is 2.26. The van der Waals surface area contributed by atoms with Gasteiger partial charge in [0.25, 0.3) is 0 Å². The second kappa shape index (κ2) is 5.52. The third kappa shape index (κ3) is 4.55. The van der Waals surface area contributed by atoms with Gasteiger partial charge in [0.2, 0.25) is 0 Å². The molecule has 4 heteroatoms. The molecule has 1 heterocycles. The van der Waals surface area contributed by atoms with Crippen molar-refractivity contribution in [1.29, 1.82) is 0 Å². The first-order valence-electron chi connectivity index (χ1n) is 4.31. The molecule has 0 radical (unpaired) electrons. The Hall–Kier alpha value is -0.190. The maximum Gasteiger partial charge on any atom is 0.0579 e. The fourth-order valence-corrected chi connectivity index (χ4v) is 3.29. The molecule has 1 aromatic rings. The highest BCUT2D eigenvalue weighted by Gasteiger charge is 2.03. The Morgan fingerprint density at radius 1 is 1.69 bits per heavy atom. The lowest BCUT2D eigenvalue weighted by molar-refractivity contribution is 0.667. The summed E-state index contributed by atoms with van der Waals surface area (Å²) >= 11 is 1.66. The van der Waals surface area contributed by atoms with Crippen LogP contribution in [0, 0.1) is 0 Å². The topological polar surface area (TPSA) is 43.1 Å². The van der Waals surface area contributed by atoms with Crippen LogP contribution in [0.5, 0.6) is 0 Å². The van der Waals surface area contributed by atoms with Gasteiger partial charge in [0.15, 0.2) is 0 Å². The number of hydrogen-bond donors (Lipinski definition) is 1. The van der Waals surface area contributed by atoms with E-state index in [-0.39, 0.29) is 6.04 Å². The summed E-state index contributed by atoms with van der Waals surface area (Å²) in [6.45, 7) is 1.95. The lowest BCUT2D eigenvalue weighted by Crippen LogP contribution is -2.18. The fraction of sp³-hybridized carbons (Fsp3) is 0.556. The maximum atomic E-state index is 11.5. The zero-order chi connectivity index (χ0) is 9.68. The van der Waals surface area contributed by atoms with Crippen LogP contribution < -0.4 is 5.73 Å². The van der Waals surface area contributed by atoms with Crippen molar-refractivity contribution in [1.82, 2.24) is 0 Å².